The fraction of sp³-hybridized carbons (Fsp3) is 0.625. The van der Waals surface area contributed by atoms with E-state index in [0.29, 0.717) is 6.01 Å². The van der Waals surface area contributed by atoms with Crippen molar-refractivity contribution in [1.29, 1.82) is 0 Å². The Labute approximate surface area is 121 Å². The molecule has 1 aromatic heterocycles. The van der Waals surface area contributed by atoms with Crippen LogP contribution in [0.1, 0.15) is 38.2 Å². The second kappa shape index (κ2) is 8.00. The lowest BCUT2D eigenvalue weighted by Gasteiger charge is -2.23. The maximum atomic E-state index is 5.97. The average molecular weight is 275 g/mol. The minimum atomic E-state index is 0.151. The quantitative estimate of drug-likeness (QED) is 0.684. The van der Waals surface area contributed by atoms with Crippen molar-refractivity contribution in [1.82, 2.24) is 14.9 Å². The lowest BCUT2D eigenvalue weighted by molar-refractivity contribution is 0.129. The molecule has 0 amide bonds. The Hall–Kier alpha value is -1.42. The summed E-state index contributed by atoms with van der Waals surface area (Å²) in [6, 6.07) is 0.496. The first-order valence-electron chi connectivity index (χ1n) is 7.62. The molecular weight excluding hydrogens is 250 g/mol. The maximum Gasteiger partial charge on any atom is 0.316 e. The van der Waals surface area contributed by atoms with Crippen LogP contribution in [0.5, 0.6) is 6.01 Å². The van der Waals surface area contributed by atoms with Crippen molar-refractivity contribution in [3.63, 3.8) is 0 Å². The molecule has 2 rings (SSSR count). The van der Waals surface area contributed by atoms with E-state index in [2.05, 4.69) is 28.4 Å². The summed E-state index contributed by atoms with van der Waals surface area (Å²) in [5, 5.41) is 0. The van der Waals surface area contributed by atoms with Gasteiger partial charge in [0.15, 0.2) is 0 Å². The van der Waals surface area contributed by atoms with E-state index in [-0.39, 0.29) is 6.10 Å². The van der Waals surface area contributed by atoms with Gasteiger partial charge < -0.3 is 4.74 Å². The number of nitrogens with zero attached hydrogens (tertiary/aromatic N) is 3. The number of allylic oxidation sites excluding steroid dienone is 1. The number of aromatic nitrogens is 2. The fourth-order valence-corrected chi connectivity index (χ4v) is 2.48. The van der Waals surface area contributed by atoms with Gasteiger partial charge in [0.1, 0.15) is 6.10 Å². The monoisotopic (exact) mass is 275 g/mol. The molecule has 4 heteroatoms. The highest BCUT2D eigenvalue weighted by atomic mass is 16.5. The molecule has 1 atom stereocenters. The molecule has 0 radical (unpaired) electrons. The van der Waals surface area contributed by atoms with Crippen LogP contribution in [0, 0.1) is 0 Å². The summed E-state index contributed by atoms with van der Waals surface area (Å²) in [7, 11) is 0. The number of aryl methyl sites for hydroxylation is 1. The summed E-state index contributed by atoms with van der Waals surface area (Å²) < 4.78 is 5.97. The smallest absolute Gasteiger partial charge is 0.316 e. The summed E-state index contributed by atoms with van der Waals surface area (Å²) in [5.74, 6) is 0. The van der Waals surface area contributed by atoms with Crippen molar-refractivity contribution in [3.05, 3.63) is 30.6 Å². The largest absolute Gasteiger partial charge is 0.459 e. The van der Waals surface area contributed by atoms with Gasteiger partial charge in [-0.1, -0.05) is 13.0 Å². The molecular formula is C16H25N3O. The molecule has 4 nitrogen and oxygen atoms in total. The standard InChI is InChI=1S/C16H25N3O/c1-3-5-8-15(13-19-9-6-7-10-19)20-16-17-11-14(4-2)12-18-16/h3,11-12,15H,1,4-10,13H2,2H3/t15-/m1/s1. The van der Waals surface area contributed by atoms with Crippen LogP contribution >= 0.6 is 0 Å². The van der Waals surface area contributed by atoms with Gasteiger partial charge in [-0.15, -0.1) is 6.58 Å². The Morgan fingerprint density at radius 2 is 2.05 bits per heavy atom. The molecule has 2 heterocycles. The zero-order valence-corrected chi connectivity index (χ0v) is 12.4. The predicted molar refractivity (Wildman–Crippen MR) is 80.9 cm³/mol. The van der Waals surface area contributed by atoms with Gasteiger partial charge in [-0.05, 0) is 50.8 Å². The number of hydrogen-bond acceptors (Lipinski definition) is 4. The average Bonchev–Trinajstić information content (AvgIpc) is 2.98. The highest BCUT2D eigenvalue weighted by molar-refractivity contribution is 5.07. The summed E-state index contributed by atoms with van der Waals surface area (Å²) >= 11 is 0. The van der Waals surface area contributed by atoms with Crippen LogP contribution in [0.2, 0.25) is 0 Å². The van der Waals surface area contributed by atoms with E-state index in [0.717, 1.165) is 31.4 Å². The molecule has 0 aromatic carbocycles. The van der Waals surface area contributed by atoms with Gasteiger partial charge in [0.05, 0.1) is 0 Å². The lowest BCUT2D eigenvalue weighted by atomic mass is 10.2. The summed E-state index contributed by atoms with van der Waals surface area (Å²) in [5.41, 5.74) is 1.14. The molecule has 110 valence electrons. The third-order valence-corrected chi connectivity index (χ3v) is 3.72. The van der Waals surface area contributed by atoms with Crippen molar-refractivity contribution < 1.29 is 4.74 Å². The van der Waals surface area contributed by atoms with Crippen LogP contribution in [0.4, 0.5) is 0 Å². The molecule has 1 aliphatic heterocycles. The minimum Gasteiger partial charge on any atom is -0.459 e. The highest BCUT2D eigenvalue weighted by Crippen LogP contribution is 2.14. The number of likely N-dealkylation sites (tertiary alicyclic amines) is 1. The second-order valence-corrected chi connectivity index (χ2v) is 5.34. The van der Waals surface area contributed by atoms with Gasteiger partial charge in [0.25, 0.3) is 0 Å². The molecule has 1 saturated heterocycles. The maximum absolute atomic E-state index is 5.97. The Morgan fingerprint density at radius 1 is 1.35 bits per heavy atom. The molecule has 0 bridgehead atoms. The Kier molecular flexibility index (Phi) is 5.99. The van der Waals surface area contributed by atoms with Crippen LogP contribution < -0.4 is 4.74 Å². The minimum absolute atomic E-state index is 0.151. The molecule has 1 fully saturated rings. The van der Waals surface area contributed by atoms with Crippen molar-refractivity contribution >= 4 is 0 Å². The zero-order chi connectivity index (χ0) is 14.2. The zero-order valence-electron chi connectivity index (χ0n) is 12.4. The molecule has 0 spiro atoms. The third-order valence-electron chi connectivity index (χ3n) is 3.72. The Balaban J connectivity index is 1.92. The number of ether oxygens (including phenoxy) is 1. The SMILES string of the molecule is C=CCC[C@H](CN1CCCC1)Oc1ncc(CC)cn1. The van der Waals surface area contributed by atoms with E-state index in [9.17, 15) is 0 Å². The van der Waals surface area contributed by atoms with E-state index < -0.39 is 0 Å². The molecule has 0 N–H and O–H groups in total. The first kappa shape index (κ1) is 15.0. The second-order valence-electron chi connectivity index (χ2n) is 5.34. The van der Waals surface area contributed by atoms with Crippen LogP contribution in [-0.2, 0) is 6.42 Å². The first-order chi connectivity index (χ1) is 9.81. The van der Waals surface area contributed by atoms with E-state index in [1.54, 1.807) is 0 Å². The number of rotatable bonds is 8. The van der Waals surface area contributed by atoms with Crippen LogP contribution in [0.3, 0.4) is 0 Å². The fourth-order valence-electron chi connectivity index (χ4n) is 2.48. The molecule has 1 aliphatic rings. The predicted octanol–water partition coefficient (Wildman–Crippen LogP) is 2.85. The highest BCUT2D eigenvalue weighted by Gasteiger charge is 2.19. The van der Waals surface area contributed by atoms with Crippen LogP contribution in [-0.4, -0.2) is 40.6 Å². The molecule has 20 heavy (non-hydrogen) atoms. The van der Waals surface area contributed by atoms with E-state index in [1.165, 1.54) is 25.9 Å². The van der Waals surface area contributed by atoms with Gasteiger partial charge >= 0.3 is 6.01 Å². The van der Waals surface area contributed by atoms with Crippen LogP contribution in [0.25, 0.3) is 0 Å². The molecule has 0 unspecified atom stereocenters. The van der Waals surface area contributed by atoms with Gasteiger partial charge in [0, 0.05) is 18.9 Å². The number of hydrogen-bond donors (Lipinski definition) is 0. The summed E-state index contributed by atoms with van der Waals surface area (Å²) in [4.78, 5) is 11.1. The van der Waals surface area contributed by atoms with E-state index in [4.69, 9.17) is 4.74 Å². The van der Waals surface area contributed by atoms with Crippen molar-refractivity contribution in [2.45, 2.75) is 45.1 Å². The third kappa shape index (κ3) is 4.60. The van der Waals surface area contributed by atoms with E-state index in [1.807, 2.05) is 18.5 Å². The Bertz CT molecular complexity index is 399. The topological polar surface area (TPSA) is 38.2 Å². The summed E-state index contributed by atoms with van der Waals surface area (Å²) in [6.45, 7) is 9.22. The van der Waals surface area contributed by atoms with Crippen molar-refractivity contribution in [2.75, 3.05) is 19.6 Å². The van der Waals surface area contributed by atoms with Crippen LogP contribution in [0.15, 0.2) is 25.0 Å². The van der Waals surface area contributed by atoms with Crippen molar-refractivity contribution in [2.24, 2.45) is 0 Å². The van der Waals surface area contributed by atoms with Gasteiger partial charge in [-0.25, -0.2) is 9.97 Å². The Morgan fingerprint density at radius 3 is 2.65 bits per heavy atom. The van der Waals surface area contributed by atoms with Gasteiger partial charge in [-0.3, -0.25) is 4.90 Å². The van der Waals surface area contributed by atoms with Crippen molar-refractivity contribution in [3.8, 4) is 6.01 Å². The molecule has 0 aliphatic carbocycles. The van der Waals surface area contributed by atoms with Gasteiger partial charge in [0.2, 0.25) is 0 Å². The normalized spacial score (nSPS) is 17.1. The molecule has 1 aromatic rings. The van der Waals surface area contributed by atoms with E-state index >= 15 is 0 Å². The lowest BCUT2D eigenvalue weighted by Crippen LogP contribution is -2.34. The van der Waals surface area contributed by atoms with Gasteiger partial charge in [-0.2, -0.15) is 0 Å². The summed E-state index contributed by atoms with van der Waals surface area (Å²) in [6.07, 6.45) is 11.3. The molecule has 0 saturated carbocycles. The first-order valence-corrected chi connectivity index (χ1v) is 7.62.